The Bertz CT molecular complexity index is 297. The van der Waals surface area contributed by atoms with Gasteiger partial charge in [0.15, 0.2) is 0 Å². The molecule has 0 radical (unpaired) electrons. The minimum Gasteiger partial charge on any atom is -0.444 e. The van der Waals surface area contributed by atoms with E-state index in [0.29, 0.717) is 6.54 Å². The highest BCUT2D eigenvalue weighted by Gasteiger charge is 2.40. The number of rotatable bonds is 0. The molecule has 0 aliphatic carbocycles. The van der Waals surface area contributed by atoms with E-state index in [1.165, 1.54) is 6.42 Å². The molecule has 1 spiro atoms. The summed E-state index contributed by atoms with van der Waals surface area (Å²) in [5, 5.41) is 0. The van der Waals surface area contributed by atoms with Crippen molar-refractivity contribution in [3.63, 3.8) is 0 Å². The zero-order valence-corrected chi connectivity index (χ0v) is 11.8. The summed E-state index contributed by atoms with van der Waals surface area (Å²) in [5.74, 6) is 0. The van der Waals surface area contributed by atoms with Crippen molar-refractivity contribution in [1.82, 2.24) is 4.90 Å². The smallest absolute Gasteiger partial charge is 0.410 e. The number of likely N-dealkylation sites (tertiary alicyclic amines) is 1. The van der Waals surface area contributed by atoms with Gasteiger partial charge in [0.25, 0.3) is 0 Å². The van der Waals surface area contributed by atoms with Crippen LogP contribution in [0.25, 0.3) is 0 Å². The SMILES string of the molecule is CC(C)(C)OC(=O)N1CCCC2(CCCCO2)C1. The Kier molecular flexibility index (Phi) is 3.85. The Morgan fingerprint density at radius 3 is 2.56 bits per heavy atom. The van der Waals surface area contributed by atoms with Crippen LogP contribution in [0.15, 0.2) is 0 Å². The fourth-order valence-corrected chi connectivity index (χ4v) is 2.81. The van der Waals surface area contributed by atoms with Gasteiger partial charge in [-0.15, -0.1) is 0 Å². The zero-order valence-electron chi connectivity index (χ0n) is 11.8. The number of carbonyl (C=O) groups is 1. The van der Waals surface area contributed by atoms with Gasteiger partial charge in [-0.25, -0.2) is 4.79 Å². The minimum atomic E-state index is -0.422. The first-order valence-corrected chi connectivity index (χ1v) is 7.02. The van der Waals surface area contributed by atoms with Crippen LogP contribution in [0, 0.1) is 0 Å². The van der Waals surface area contributed by atoms with E-state index in [9.17, 15) is 4.79 Å². The summed E-state index contributed by atoms with van der Waals surface area (Å²) in [6.45, 7) is 8.04. The van der Waals surface area contributed by atoms with Crippen molar-refractivity contribution in [3.8, 4) is 0 Å². The predicted molar refractivity (Wildman–Crippen MR) is 69.6 cm³/mol. The zero-order chi connectivity index (χ0) is 13.2. The monoisotopic (exact) mass is 255 g/mol. The van der Waals surface area contributed by atoms with E-state index in [1.807, 2.05) is 25.7 Å². The number of piperidine rings is 1. The van der Waals surface area contributed by atoms with E-state index >= 15 is 0 Å². The summed E-state index contributed by atoms with van der Waals surface area (Å²) in [7, 11) is 0. The van der Waals surface area contributed by atoms with Gasteiger partial charge in [0.2, 0.25) is 0 Å². The summed E-state index contributed by atoms with van der Waals surface area (Å²) in [5.41, 5.74) is -0.511. The maximum absolute atomic E-state index is 12.1. The summed E-state index contributed by atoms with van der Waals surface area (Å²) >= 11 is 0. The van der Waals surface area contributed by atoms with Crippen LogP contribution in [0.5, 0.6) is 0 Å². The molecule has 0 aromatic carbocycles. The highest BCUT2D eigenvalue weighted by Crippen LogP contribution is 2.34. The van der Waals surface area contributed by atoms with E-state index in [2.05, 4.69) is 0 Å². The van der Waals surface area contributed by atoms with E-state index in [-0.39, 0.29) is 11.7 Å². The van der Waals surface area contributed by atoms with Crippen LogP contribution in [0.3, 0.4) is 0 Å². The molecule has 18 heavy (non-hydrogen) atoms. The fourth-order valence-electron chi connectivity index (χ4n) is 2.81. The summed E-state index contributed by atoms with van der Waals surface area (Å²) in [6, 6.07) is 0. The molecule has 0 aromatic rings. The molecule has 2 aliphatic heterocycles. The first kappa shape index (κ1) is 13.7. The molecule has 104 valence electrons. The number of carbonyl (C=O) groups excluding carboxylic acids is 1. The van der Waals surface area contributed by atoms with Crippen LogP contribution in [0.4, 0.5) is 4.79 Å². The van der Waals surface area contributed by atoms with Gasteiger partial charge in [-0.05, 0) is 52.9 Å². The van der Waals surface area contributed by atoms with Crippen molar-refractivity contribution in [2.45, 2.75) is 64.1 Å². The average Bonchev–Trinajstić information content (AvgIpc) is 2.28. The third kappa shape index (κ3) is 3.37. The van der Waals surface area contributed by atoms with Crippen LogP contribution in [0.2, 0.25) is 0 Å². The van der Waals surface area contributed by atoms with Crippen molar-refractivity contribution in [1.29, 1.82) is 0 Å². The van der Waals surface area contributed by atoms with E-state index in [1.54, 1.807) is 0 Å². The first-order valence-electron chi connectivity index (χ1n) is 7.02. The van der Waals surface area contributed by atoms with Crippen molar-refractivity contribution in [2.75, 3.05) is 19.7 Å². The number of amides is 1. The van der Waals surface area contributed by atoms with E-state index in [4.69, 9.17) is 9.47 Å². The third-order valence-corrected chi connectivity index (χ3v) is 3.63. The first-order chi connectivity index (χ1) is 8.40. The molecule has 2 rings (SSSR count). The van der Waals surface area contributed by atoms with Crippen molar-refractivity contribution >= 4 is 6.09 Å². The van der Waals surface area contributed by atoms with Gasteiger partial charge in [-0.1, -0.05) is 0 Å². The largest absolute Gasteiger partial charge is 0.444 e. The molecule has 2 aliphatic rings. The van der Waals surface area contributed by atoms with Gasteiger partial charge in [-0.2, -0.15) is 0 Å². The lowest BCUT2D eigenvalue weighted by Gasteiger charge is -2.44. The van der Waals surface area contributed by atoms with Gasteiger partial charge in [0.05, 0.1) is 12.1 Å². The molecule has 0 N–H and O–H groups in total. The maximum Gasteiger partial charge on any atom is 0.410 e. The molecule has 2 fully saturated rings. The predicted octanol–water partition coefficient (Wildman–Crippen LogP) is 2.96. The topological polar surface area (TPSA) is 38.8 Å². The lowest BCUT2D eigenvalue weighted by Crippen LogP contribution is -2.53. The Morgan fingerprint density at radius 1 is 1.22 bits per heavy atom. The van der Waals surface area contributed by atoms with Crippen LogP contribution in [0.1, 0.15) is 52.9 Å². The molecular weight excluding hydrogens is 230 g/mol. The molecule has 4 nitrogen and oxygen atoms in total. The maximum atomic E-state index is 12.1. The van der Waals surface area contributed by atoms with Crippen molar-refractivity contribution in [2.24, 2.45) is 0 Å². The number of hydrogen-bond donors (Lipinski definition) is 0. The van der Waals surface area contributed by atoms with Crippen LogP contribution < -0.4 is 0 Å². The fraction of sp³-hybridized carbons (Fsp3) is 0.929. The lowest BCUT2D eigenvalue weighted by molar-refractivity contribution is -0.115. The van der Waals surface area contributed by atoms with Gasteiger partial charge in [0, 0.05) is 13.2 Å². The average molecular weight is 255 g/mol. The second-order valence-corrected chi connectivity index (χ2v) is 6.49. The quantitative estimate of drug-likeness (QED) is 0.668. The van der Waals surface area contributed by atoms with Crippen molar-refractivity contribution < 1.29 is 14.3 Å². The van der Waals surface area contributed by atoms with Gasteiger partial charge >= 0.3 is 6.09 Å². The standard InChI is InChI=1S/C14H25NO3/c1-13(2,3)18-12(16)15-9-6-8-14(11-15)7-4-5-10-17-14/h4-11H2,1-3H3. The molecule has 0 bridgehead atoms. The number of nitrogens with zero attached hydrogens (tertiary/aromatic N) is 1. The second-order valence-electron chi connectivity index (χ2n) is 6.49. The molecule has 4 heteroatoms. The highest BCUT2D eigenvalue weighted by molar-refractivity contribution is 5.68. The van der Waals surface area contributed by atoms with Crippen LogP contribution in [-0.2, 0) is 9.47 Å². The molecule has 1 amide bonds. The van der Waals surface area contributed by atoms with Crippen molar-refractivity contribution in [3.05, 3.63) is 0 Å². The number of hydrogen-bond acceptors (Lipinski definition) is 3. The second kappa shape index (κ2) is 5.08. The molecule has 2 saturated heterocycles. The van der Waals surface area contributed by atoms with E-state index < -0.39 is 5.60 Å². The van der Waals surface area contributed by atoms with Gasteiger partial charge in [-0.3, -0.25) is 0 Å². The molecule has 1 atom stereocenters. The third-order valence-electron chi connectivity index (χ3n) is 3.63. The Balaban J connectivity index is 1.95. The highest BCUT2D eigenvalue weighted by atomic mass is 16.6. The summed E-state index contributed by atoms with van der Waals surface area (Å²) in [4.78, 5) is 13.9. The van der Waals surface area contributed by atoms with Gasteiger partial charge < -0.3 is 14.4 Å². The Hall–Kier alpha value is -0.770. The van der Waals surface area contributed by atoms with Crippen LogP contribution >= 0.6 is 0 Å². The molecule has 0 aromatic heterocycles. The summed E-state index contributed by atoms with van der Waals surface area (Å²) < 4.78 is 11.4. The van der Waals surface area contributed by atoms with E-state index in [0.717, 1.165) is 38.8 Å². The summed E-state index contributed by atoms with van der Waals surface area (Å²) in [6.07, 6.45) is 5.32. The molecule has 0 saturated carbocycles. The molecular formula is C14H25NO3. The molecule has 1 unspecified atom stereocenters. The normalized spacial score (nSPS) is 29.4. The Morgan fingerprint density at radius 2 is 1.94 bits per heavy atom. The van der Waals surface area contributed by atoms with Crippen LogP contribution in [-0.4, -0.2) is 41.9 Å². The number of ether oxygens (including phenoxy) is 2. The lowest BCUT2D eigenvalue weighted by atomic mass is 9.86. The molecule has 2 heterocycles. The van der Waals surface area contributed by atoms with Gasteiger partial charge in [0.1, 0.15) is 5.60 Å². The minimum absolute atomic E-state index is 0.0899. The Labute approximate surface area is 110 Å².